The second kappa shape index (κ2) is 8.66. The molecule has 0 radical (unpaired) electrons. The average molecular weight is 434 g/mol. The molecule has 3 aromatic rings. The van der Waals surface area contributed by atoms with Crippen LogP contribution in [0.2, 0.25) is 0 Å². The van der Waals surface area contributed by atoms with Crippen LogP contribution in [0.5, 0.6) is 6.01 Å². The number of hydrogen-bond acceptors (Lipinski definition) is 5. The molecule has 0 saturated carbocycles. The van der Waals surface area contributed by atoms with E-state index in [0.717, 1.165) is 17.7 Å². The van der Waals surface area contributed by atoms with Crippen molar-refractivity contribution in [1.29, 1.82) is 0 Å². The quantitative estimate of drug-likeness (QED) is 0.437. The van der Waals surface area contributed by atoms with Crippen LogP contribution in [0.25, 0.3) is 5.69 Å². The van der Waals surface area contributed by atoms with Crippen molar-refractivity contribution in [3.05, 3.63) is 75.2 Å². The summed E-state index contributed by atoms with van der Waals surface area (Å²) in [5.74, 6) is 0. The third kappa shape index (κ3) is 4.79. The average Bonchev–Trinajstić information content (AvgIpc) is 3.02. The molecule has 164 valence electrons. The molecule has 2 aromatic carbocycles. The van der Waals surface area contributed by atoms with Gasteiger partial charge in [0.25, 0.3) is 0 Å². The van der Waals surface area contributed by atoms with Crippen LogP contribution in [0.3, 0.4) is 0 Å². The standard InChI is InChI=1S/C21H21F3N4O3/c1-13-8-9-15(10-18(13)28-19(30-4)25-27(3)20(28)29)12-31-26-14(2)16-6-5-7-17(11-16)21(22,23)24/h5-11H,12H2,1-4H3/b26-14+. The summed E-state index contributed by atoms with van der Waals surface area (Å²) in [6.45, 7) is 3.46. The Morgan fingerprint density at radius 1 is 1.19 bits per heavy atom. The molecule has 3 rings (SSSR count). The smallest absolute Gasteiger partial charge is 0.416 e. The second-order valence-corrected chi connectivity index (χ2v) is 6.88. The molecule has 0 atom stereocenters. The van der Waals surface area contributed by atoms with Crippen LogP contribution in [0.1, 0.15) is 29.2 Å². The number of methoxy groups -OCH3 is 1. The van der Waals surface area contributed by atoms with Crippen molar-refractivity contribution in [3.8, 4) is 11.7 Å². The zero-order chi connectivity index (χ0) is 22.8. The van der Waals surface area contributed by atoms with Gasteiger partial charge in [-0.05, 0) is 48.7 Å². The molecule has 0 aliphatic heterocycles. The lowest BCUT2D eigenvalue weighted by Gasteiger charge is -2.10. The van der Waals surface area contributed by atoms with Gasteiger partial charge in [-0.15, -0.1) is 5.10 Å². The molecule has 0 amide bonds. The van der Waals surface area contributed by atoms with Crippen LogP contribution in [0.15, 0.2) is 52.4 Å². The fourth-order valence-electron chi connectivity index (χ4n) is 2.94. The number of alkyl halides is 3. The lowest BCUT2D eigenvalue weighted by molar-refractivity contribution is -0.137. The van der Waals surface area contributed by atoms with Crippen molar-refractivity contribution in [3.63, 3.8) is 0 Å². The SMILES string of the molecule is COc1nn(C)c(=O)n1-c1cc(CO/N=C(\C)c2cccc(C(F)(F)F)c2)ccc1C. The number of benzene rings is 2. The van der Waals surface area contributed by atoms with Gasteiger partial charge in [-0.25, -0.2) is 14.0 Å². The van der Waals surface area contributed by atoms with Crippen molar-refractivity contribution in [2.45, 2.75) is 26.6 Å². The van der Waals surface area contributed by atoms with E-state index >= 15 is 0 Å². The highest BCUT2D eigenvalue weighted by Gasteiger charge is 2.30. The molecule has 0 saturated heterocycles. The fourth-order valence-corrected chi connectivity index (χ4v) is 2.94. The number of halogens is 3. The van der Waals surface area contributed by atoms with E-state index in [9.17, 15) is 18.0 Å². The number of aryl methyl sites for hydroxylation is 2. The fraction of sp³-hybridized carbons (Fsp3) is 0.286. The van der Waals surface area contributed by atoms with Crippen LogP contribution in [0.4, 0.5) is 13.2 Å². The summed E-state index contributed by atoms with van der Waals surface area (Å²) < 4.78 is 46.4. The predicted octanol–water partition coefficient (Wildman–Crippen LogP) is 3.85. The van der Waals surface area contributed by atoms with Crippen LogP contribution in [-0.4, -0.2) is 27.2 Å². The van der Waals surface area contributed by atoms with E-state index in [1.54, 1.807) is 13.0 Å². The predicted molar refractivity (Wildman–Crippen MR) is 109 cm³/mol. The first-order valence-corrected chi connectivity index (χ1v) is 9.26. The Morgan fingerprint density at radius 3 is 2.61 bits per heavy atom. The molecular weight excluding hydrogens is 413 g/mol. The molecule has 31 heavy (non-hydrogen) atoms. The van der Waals surface area contributed by atoms with Crippen LogP contribution in [0, 0.1) is 6.92 Å². The molecule has 0 N–H and O–H groups in total. The Morgan fingerprint density at radius 2 is 1.94 bits per heavy atom. The summed E-state index contributed by atoms with van der Waals surface area (Å²) >= 11 is 0. The maximum atomic E-state index is 12.9. The molecule has 0 aliphatic carbocycles. The maximum Gasteiger partial charge on any atom is 0.416 e. The summed E-state index contributed by atoms with van der Waals surface area (Å²) in [5, 5.41) is 7.96. The van der Waals surface area contributed by atoms with E-state index in [1.807, 2.05) is 19.1 Å². The van der Waals surface area contributed by atoms with Crippen LogP contribution >= 0.6 is 0 Å². The molecule has 0 spiro atoms. The van der Waals surface area contributed by atoms with Crippen molar-refractivity contribution >= 4 is 5.71 Å². The number of rotatable bonds is 6. The number of nitrogens with zero attached hydrogens (tertiary/aromatic N) is 4. The largest absolute Gasteiger partial charge is 0.467 e. The second-order valence-electron chi connectivity index (χ2n) is 6.88. The lowest BCUT2D eigenvalue weighted by Crippen LogP contribution is -2.22. The molecule has 1 aromatic heterocycles. The topological polar surface area (TPSA) is 70.6 Å². The van der Waals surface area contributed by atoms with Crippen molar-refractivity contribution in [2.24, 2.45) is 12.2 Å². The molecule has 0 unspecified atom stereocenters. The summed E-state index contributed by atoms with van der Waals surface area (Å²) in [5.41, 5.74) is 1.61. The van der Waals surface area contributed by atoms with Crippen LogP contribution in [-0.2, 0) is 24.7 Å². The van der Waals surface area contributed by atoms with Gasteiger partial charge < -0.3 is 9.57 Å². The third-order valence-corrected chi connectivity index (χ3v) is 4.63. The zero-order valence-electron chi connectivity index (χ0n) is 17.4. The van der Waals surface area contributed by atoms with E-state index in [4.69, 9.17) is 9.57 Å². The highest BCUT2D eigenvalue weighted by molar-refractivity contribution is 5.98. The molecule has 1 heterocycles. The van der Waals surface area contributed by atoms with E-state index in [-0.39, 0.29) is 18.3 Å². The van der Waals surface area contributed by atoms with Gasteiger partial charge in [0.2, 0.25) is 0 Å². The van der Waals surface area contributed by atoms with E-state index in [1.165, 1.54) is 35.5 Å². The first-order valence-electron chi connectivity index (χ1n) is 9.26. The number of aromatic nitrogens is 3. The first kappa shape index (κ1) is 22.1. The van der Waals surface area contributed by atoms with E-state index in [0.29, 0.717) is 22.5 Å². The molecule has 0 fully saturated rings. The first-order chi connectivity index (χ1) is 14.6. The minimum atomic E-state index is -4.43. The summed E-state index contributed by atoms with van der Waals surface area (Å²) in [4.78, 5) is 17.8. The van der Waals surface area contributed by atoms with Crippen molar-refractivity contribution in [1.82, 2.24) is 14.3 Å². The minimum Gasteiger partial charge on any atom is -0.467 e. The molecule has 10 heteroatoms. The number of ether oxygens (including phenoxy) is 1. The van der Waals surface area contributed by atoms with Gasteiger partial charge in [-0.2, -0.15) is 13.2 Å². The summed E-state index contributed by atoms with van der Waals surface area (Å²) in [7, 11) is 2.95. The Balaban J connectivity index is 1.81. The van der Waals surface area contributed by atoms with Gasteiger partial charge >= 0.3 is 17.9 Å². The van der Waals surface area contributed by atoms with Gasteiger partial charge in [-0.1, -0.05) is 29.4 Å². The number of oxime groups is 1. The normalized spacial score (nSPS) is 12.2. The van der Waals surface area contributed by atoms with Gasteiger partial charge in [0.1, 0.15) is 6.61 Å². The van der Waals surface area contributed by atoms with Crippen LogP contribution < -0.4 is 10.4 Å². The van der Waals surface area contributed by atoms with Crippen molar-refractivity contribution in [2.75, 3.05) is 7.11 Å². The summed E-state index contributed by atoms with van der Waals surface area (Å²) in [6.07, 6.45) is -4.43. The Hall–Kier alpha value is -3.56. The molecular formula is C21H21F3N4O3. The van der Waals surface area contributed by atoms with Gasteiger partial charge in [0, 0.05) is 7.05 Å². The summed E-state index contributed by atoms with van der Waals surface area (Å²) in [6, 6.07) is 10.4. The van der Waals surface area contributed by atoms with Crippen molar-refractivity contribution < 1.29 is 22.7 Å². The molecule has 7 nitrogen and oxygen atoms in total. The maximum absolute atomic E-state index is 12.9. The van der Waals surface area contributed by atoms with E-state index < -0.39 is 11.7 Å². The van der Waals surface area contributed by atoms with Gasteiger partial charge in [0.15, 0.2) is 0 Å². The highest BCUT2D eigenvalue weighted by Crippen LogP contribution is 2.29. The minimum absolute atomic E-state index is 0.0565. The Kier molecular flexibility index (Phi) is 6.19. The molecule has 0 bridgehead atoms. The Bertz CT molecular complexity index is 1180. The van der Waals surface area contributed by atoms with Gasteiger partial charge in [-0.3, -0.25) is 0 Å². The van der Waals surface area contributed by atoms with E-state index in [2.05, 4.69) is 10.3 Å². The highest BCUT2D eigenvalue weighted by atomic mass is 19.4. The number of hydrogen-bond donors (Lipinski definition) is 0. The monoisotopic (exact) mass is 434 g/mol. The third-order valence-electron chi connectivity index (χ3n) is 4.63. The van der Waals surface area contributed by atoms with Gasteiger partial charge in [0.05, 0.1) is 24.1 Å². The Labute approximate surface area is 176 Å². The lowest BCUT2D eigenvalue weighted by atomic mass is 10.1. The zero-order valence-corrected chi connectivity index (χ0v) is 17.4. The molecule has 0 aliphatic rings.